The number of alkyl halides is 2. The summed E-state index contributed by atoms with van der Waals surface area (Å²) in [6.45, 7) is 2.59. The number of hydrogen-bond donors (Lipinski definition) is 0. The van der Waals surface area contributed by atoms with Gasteiger partial charge in [-0.05, 0) is 31.9 Å². The van der Waals surface area contributed by atoms with Crippen molar-refractivity contribution < 1.29 is 9.53 Å². The fraction of sp³-hybridized carbons (Fsp3) is 0.562. The summed E-state index contributed by atoms with van der Waals surface area (Å²) in [7, 11) is 0. The van der Waals surface area contributed by atoms with E-state index >= 15 is 0 Å². The first-order chi connectivity index (χ1) is 10.2. The summed E-state index contributed by atoms with van der Waals surface area (Å²) in [4.78, 5) is 14.4. The zero-order valence-corrected chi connectivity index (χ0v) is 13.7. The van der Waals surface area contributed by atoms with Crippen molar-refractivity contribution in [3.05, 3.63) is 30.3 Å². The zero-order chi connectivity index (χ0) is 15.2. The van der Waals surface area contributed by atoms with Crippen molar-refractivity contribution in [2.45, 2.75) is 43.7 Å². The van der Waals surface area contributed by atoms with Crippen LogP contribution >= 0.6 is 23.2 Å². The number of amides is 1. The maximum absolute atomic E-state index is 12.5. The van der Waals surface area contributed by atoms with Gasteiger partial charge in [0.25, 0.3) is 0 Å². The van der Waals surface area contributed by atoms with Crippen LogP contribution in [-0.4, -0.2) is 35.9 Å². The third-order valence-corrected chi connectivity index (χ3v) is 4.28. The Labute approximate surface area is 136 Å². The largest absolute Gasteiger partial charge is 0.376 e. The Morgan fingerprint density at radius 2 is 2.05 bits per heavy atom. The molecule has 5 heteroatoms. The van der Waals surface area contributed by atoms with Crippen molar-refractivity contribution in [2.24, 2.45) is 0 Å². The van der Waals surface area contributed by atoms with Crippen molar-refractivity contribution in [3.8, 4) is 0 Å². The predicted octanol–water partition coefficient (Wildman–Crippen LogP) is 3.82. The number of rotatable bonds is 6. The van der Waals surface area contributed by atoms with Crippen molar-refractivity contribution in [1.82, 2.24) is 0 Å². The van der Waals surface area contributed by atoms with E-state index in [-0.39, 0.29) is 23.4 Å². The fourth-order valence-electron chi connectivity index (χ4n) is 2.89. The van der Waals surface area contributed by atoms with Crippen molar-refractivity contribution in [1.29, 1.82) is 0 Å². The summed E-state index contributed by atoms with van der Waals surface area (Å²) < 4.78 is 5.81. The molecule has 0 aromatic heterocycles. The van der Waals surface area contributed by atoms with Crippen LogP contribution in [0, 0.1) is 0 Å². The number of hydrogen-bond acceptors (Lipinski definition) is 2. The molecule has 1 aromatic rings. The van der Waals surface area contributed by atoms with Gasteiger partial charge in [0, 0.05) is 30.0 Å². The van der Waals surface area contributed by atoms with E-state index in [1.807, 2.05) is 42.2 Å². The predicted molar refractivity (Wildman–Crippen MR) is 87.3 cm³/mol. The molecule has 3 atom stereocenters. The summed E-state index contributed by atoms with van der Waals surface area (Å²) in [6.07, 6.45) is 1.82. The molecule has 0 radical (unpaired) electrons. The Bertz CT molecular complexity index is 455. The molecule has 0 N–H and O–H groups in total. The van der Waals surface area contributed by atoms with E-state index < -0.39 is 0 Å². The second kappa shape index (κ2) is 8.02. The molecule has 116 valence electrons. The lowest BCUT2D eigenvalue weighted by Gasteiger charge is -2.33. The molecule has 1 fully saturated rings. The highest BCUT2D eigenvalue weighted by molar-refractivity contribution is 6.21. The van der Waals surface area contributed by atoms with Crippen LogP contribution in [0.25, 0.3) is 0 Å². The van der Waals surface area contributed by atoms with E-state index in [0.717, 1.165) is 18.5 Å². The average Bonchev–Trinajstić information content (AvgIpc) is 2.82. The van der Waals surface area contributed by atoms with Crippen LogP contribution in [0.4, 0.5) is 5.69 Å². The van der Waals surface area contributed by atoms with Gasteiger partial charge in [-0.3, -0.25) is 4.79 Å². The highest BCUT2D eigenvalue weighted by Gasteiger charge is 2.40. The molecular formula is C16H21Cl2NO2. The van der Waals surface area contributed by atoms with E-state index in [1.54, 1.807) is 0 Å². The number of para-hydroxylation sites is 1. The number of nitrogens with zero attached hydrogens (tertiary/aromatic N) is 1. The van der Waals surface area contributed by atoms with Crippen LogP contribution in [0.1, 0.15) is 26.2 Å². The highest BCUT2D eigenvalue weighted by Crippen LogP contribution is 2.34. The molecule has 1 aromatic carbocycles. The lowest BCUT2D eigenvalue weighted by molar-refractivity contribution is -0.119. The van der Waals surface area contributed by atoms with E-state index in [1.165, 1.54) is 0 Å². The Hall–Kier alpha value is -0.770. The highest BCUT2D eigenvalue weighted by atomic mass is 35.5. The lowest BCUT2D eigenvalue weighted by atomic mass is 10.1. The molecule has 1 aliphatic rings. The van der Waals surface area contributed by atoms with Crippen LogP contribution in [0.5, 0.6) is 0 Å². The normalized spacial score (nSPS) is 25.0. The van der Waals surface area contributed by atoms with Crippen LogP contribution in [0.3, 0.4) is 0 Å². The van der Waals surface area contributed by atoms with Gasteiger partial charge >= 0.3 is 0 Å². The molecule has 3 unspecified atom stereocenters. The van der Waals surface area contributed by atoms with Gasteiger partial charge in [-0.2, -0.15) is 0 Å². The van der Waals surface area contributed by atoms with Gasteiger partial charge in [0.15, 0.2) is 0 Å². The summed E-state index contributed by atoms with van der Waals surface area (Å²) in [5.74, 6) is 0.343. The minimum atomic E-state index is -0.0226. The summed E-state index contributed by atoms with van der Waals surface area (Å²) in [5, 5.41) is 0.0431. The average molecular weight is 330 g/mol. The Morgan fingerprint density at radius 3 is 2.67 bits per heavy atom. The molecular weight excluding hydrogens is 309 g/mol. The van der Waals surface area contributed by atoms with Crippen LogP contribution in [-0.2, 0) is 9.53 Å². The SMILES string of the molecule is CCOC1CC(Cl)CC1N(C(=O)CCCl)c1ccccc1. The Kier molecular flexibility index (Phi) is 6.34. The Balaban J connectivity index is 2.28. The molecule has 21 heavy (non-hydrogen) atoms. The fourth-order valence-corrected chi connectivity index (χ4v) is 3.41. The first kappa shape index (κ1) is 16.6. The second-order valence-corrected chi connectivity index (χ2v) is 6.16. The number of ether oxygens (including phenoxy) is 1. The van der Waals surface area contributed by atoms with Gasteiger partial charge in [-0.25, -0.2) is 0 Å². The monoisotopic (exact) mass is 329 g/mol. The first-order valence-electron chi connectivity index (χ1n) is 7.36. The minimum absolute atomic E-state index is 0.0167. The van der Waals surface area contributed by atoms with Crippen molar-refractivity contribution in [3.63, 3.8) is 0 Å². The molecule has 0 saturated heterocycles. The van der Waals surface area contributed by atoms with Gasteiger partial charge in [0.05, 0.1) is 12.1 Å². The standard InChI is InChI=1S/C16H21Cl2NO2/c1-2-21-15-11-12(18)10-14(15)19(16(20)8-9-17)13-6-4-3-5-7-13/h3-7,12,14-15H,2,8-11H2,1H3. The molecule has 1 amide bonds. The van der Waals surface area contributed by atoms with Gasteiger partial charge in [0.1, 0.15) is 0 Å². The number of carbonyl (C=O) groups is 1. The van der Waals surface area contributed by atoms with E-state index in [4.69, 9.17) is 27.9 Å². The summed E-state index contributed by atoms with van der Waals surface area (Å²) in [6, 6.07) is 9.66. The van der Waals surface area contributed by atoms with E-state index in [2.05, 4.69) is 0 Å². The molecule has 0 heterocycles. The third kappa shape index (κ3) is 4.12. The zero-order valence-electron chi connectivity index (χ0n) is 12.2. The number of anilines is 1. The van der Waals surface area contributed by atoms with Gasteiger partial charge in [-0.1, -0.05) is 18.2 Å². The van der Waals surface area contributed by atoms with Gasteiger partial charge < -0.3 is 9.64 Å². The number of halogens is 2. The smallest absolute Gasteiger partial charge is 0.228 e. The maximum atomic E-state index is 12.5. The van der Waals surface area contributed by atoms with Crippen LogP contribution in [0.15, 0.2) is 30.3 Å². The molecule has 2 rings (SSSR count). The molecule has 0 bridgehead atoms. The second-order valence-electron chi connectivity index (χ2n) is 5.17. The molecule has 3 nitrogen and oxygen atoms in total. The number of benzene rings is 1. The minimum Gasteiger partial charge on any atom is -0.376 e. The van der Waals surface area contributed by atoms with E-state index in [9.17, 15) is 4.79 Å². The van der Waals surface area contributed by atoms with Crippen molar-refractivity contribution in [2.75, 3.05) is 17.4 Å². The summed E-state index contributed by atoms with van der Waals surface area (Å²) in [5.41, 5.74) is 0.882. The Morgan fingerprint density at radius 1 is 1.33 bits per heavy atom. The summed E-state index contributed by atoms with van der Waals surface area (Å²) >= 11 is 12.1. The quantitative estimate of drug-likeness (QED) is 0.742. The van der Waals surface area contributed by atoms with E-state index in [0.29, 0.717) is 18.9 Å². The topological polar surface area (TPSA) is 29.5 Å². The van der Waals surface area contributed by atoms with Crippen LogP contribution in [0.2, 0.25) is 0 Å². The molecule has 0 spiro atoms. The molecule has 1 saturated carbocycles. The lowest BCUT2D eigenvalue weighted by Crippen LogP contribution is -2.45. The first-order valence-corrected chi connectivity index (χ1v) is 8.33. The number of carbonyl (C=O) groups excluding carboxylic acids is 1. The van der Waals surface area contributed by atoms with Crippen LogP contribution < -0.4 is 4.90 Å². The van der Waals surface area contributed by atoms with Crippen molar-refractivity contribution >= 4 is 34.8 Å². The van der Waals surface area contributed by atoms with Gasteiger partial charge in [0.2, 0.25) is 5.91 Å². The maximum Gasteiger partial charge on any atom is 0.228 e. The molecule has 0 aliphatic heterocycles. The van der Waals surface area contributed by atoms with Gasteiger partial charge in [-0.15, -0.1) is 23.2 Å². The molecule has 1 aliphatic carbocycles. The third-order valence-electron chi connectivity index (χ3n) is 3.74.